The largest absolute Gasteiger partial charge is 0.508 e. The molecule has 0 fully saturated rings. The number of aromatic nitrogens is 2. The average molecular weight is 306 g/mol. The van der Waals surface area contributed by atoms with E-state index in [0.717, 1.165) is 12.1 Å². The lowest BCUT2D eigenvalue weighted by Crippen LogP contribution is -2.10. The first kappa shape index (κ1) is 19.7. The van der Waals surface area contributed by atoms with Gasteiger partial charge in [-0.3, -0.25) is 4.68 Å². The molecule has 0 radical (unpaired) electrons. The number of carbonyl (C=O) groups is 1. The summed E-state index contributed by atoms with van der Waals surface area (Å²) in [5.74, 6) is -0.00181. The van der Waals surface area contributed by atoms with Gasteiger partial charge in [-0.05, 0) is 45.4 Å². The van der Waals surface area contributed by atoms with E-state index in [0.29, 0.717) is 18.1 Å². The highest BCUT2D eigenvalue weighted by Crippen LogP contribution is 2.03. The molecule has 0 saturated heterocycles. The predicted molar refractivity (Wildman–Crippen MR) is 88.9 cm³/mol. The fraction of sp³-hybridized carbons (Fsp3) is 0.412. The fourth-order valence-electron chi connectivity index (χ4n) is 1.43. The topological polar surface area (TPSA) is 64.3 Å². The van der Waals surface area contributed by atoms with Gasteiger partial charge in [0, 0.05) is 7.05 Å². The van der Waals surface area contributed by atoms with Gasteiger partial charge in [-0.2, -0.15) is 5.10 Å². The highest BCUT2D eigenvalue weighted by atomic mass is 16.5. The highest BCUT2D eigenvalue weighted by Gasteiger charge is 2.12. The lowest BCUT2D eigenvalue weighted by Gasteiger charge is -2.01. The first-order valence-electron chi connectivity index (χ1n) is 7.28. The molecular weight excluding hydrogens is 280 g/mol. The van der Waals surface area contributed by atoms with Gasteiger partial charge in [0.1, 0.15) is 11.5 Å². The Kier molecular flexibility index (Phi) is 10.2. The second-order valence-electron chi connectivity index (χ2n) is 4.53. The number of allylic oxidation sites excluding steroid dienone is 5. The van der Waals surface area contributed by atoms with Gasteiger partial charge >= 0.3 is 5.97 Å². The molecule has 0 saturated carbocycles. The number of hydrogen-bond acceptors (Lipinski definition) is 4. The second-order valence-corrected chi connectivity index (χ2v) is 4.53. The van der Waals surface area contributed by atoms with Crippen molar-refractivity contribution in [1.29, 1.82) is 0 Å². The molecule has 0 unspecified atom stereocenters. The van der Waals surface area contributed by atoms with Crippen molar-refractivity contribution in [1.82, 2.24) is 9.78 Å². The molecule has 0 aliphatic carbocycles. The summed E-state index contributed by atoms with van der Waals surface area (Å²) < 4.78 is 6.51. The first-order valence-corrected chi connectivity index (χ1v) is 7.28. The van der Waals surface area contributed by atoms with E-state index in [2.05, 4.69) is 5.10 Å². The monoisotopic (exact) mass is 306 g/mol. The van der Waals surface area contributed by atoms with Crippen LogP contribution in [-0.2, 0) is 11.8 Å². The summed E-state index contributed by atoms with van der Waals surface area (Å²) in [4.78, 5) is 11.4. The molecule has 0 amide bonds. The van der Waals surface area contributed by atoms with Crippen molar-refractivity contribution in [3.8, 4) is 0 Å². The second kappa shape index (κ2) is 11.4. The molecule has 1 N–H and O–H groups in total. The van der Waals surface area contributed by atoms with Crippen LogP contribution in [0.5, 0.6) is 0 Å². The molecule has 1 aromatic heterocycles. The van der Waals surface area contributed by atoms with Crippen LogP contribution < -0.4 is 0 Å². The van der Waals surface area contributed by atoms with Crippen LogP contribution in [0.4, 0.5) is 0 Å². The van der Waals surface area contributed by atoms with E-state index in [-0.39, 0.29) is 5.97 Å². The summed E-state index contributed by atoms with van der Waals surface area (Å²) in [7, 11) is 1.73. The molecule has 0 aromatic carbocycles. The number of carbonyl (C=O) groups excluding carboxylic acids is 1. The molecule has 1 aromatic rings. The van der Waals surface area contributed by atoms with Gasteiger partial charge in [-0.1, -0.05) is 25.2 Å². The van der Waals surface area contributed by atoms with Gasteiger partial charge in [0.25, 0.3) is 0 Å². The van der Waals surface area contributed by atoms with Gasteiger partial charge in [-0.25, -0.2) is 4.79 Å². The Balaban J connectivity index is 0.000000433. The number of rotatable bonds is 5. The number of aliphatic hydroxyl groups excluding tert-OH is 1. The summed E-state index contributed by atoms with van der Waals surface area (Å²) in [5.41, 5.74) is 1.33. The van der Waals surface area contributed by atoms with Crippen LogP contribution in [0, 0.1) is 6.92 Å². The van der Waals surface area contributed by atoms with Crippen molar-refractivity contribution in [3.05, 3.63) is 53.6 Å². The molecule has 1 heterocycles. The van der Waals surface area contributed by atoms with E-state index >= 15 is 0 Å². The van der Waals surface area contributed by atoms with Crippen LogP contribution in [0.1, 0.15) is 43.4 Å². The molecule has 5 heteroatoms. The molecule has 0 aliphatic heterocycles. The summed E-state index contributed by atoms with van der Waals surface area (Å²) in [6.45, 7) is 7.98. The smallest absolute Gasteiger partial charge is 0.356 e. The number of esters is 1. The van der Waals surface area contributed by atoms with Crippen LogP contribution in [-0.4, -0.2) is 27.5 Å². The Hall–Kier alpha value is -2.30. The molecule has 1 rings (SSSR count). The van der Waals surface area contributed by atoms with Crippen LogP contribution in [0.3, 0.4) is 0 Å². The van der Waals surface area contributed by atoms with Crippen LogP contribution >= 0.6 is 0 Å². The molecule has 0 spiro atoms. The Bertz CT molecular complexity index is 540. The number of hydrogen-bond donors (Lipinski definition) is 1. The minimum atomic E-state index is -0.301. The van der Waals surface area contributed by atoms with Crippen LogP contribution in [0.2, 0.25) is 0 Å². The number of nitrogens with zero attached hydrogens (tertiary/aromatic N) is 2. The molecular formula is C17H26N2O3. The molecule has 5 nitrogen and oxygen atoms in total. The Morgan fingerprint density at radius 1 is 1.41 bits per heavy atom. The SMILES string of the molecule is CCCOC(=O)c1cc(C)nn1C.C\C=C/C=C\C(O)=C/C. The van der Waals surface area contributed by atoms with Gasteiger partial charge < -0.3 is 9.84 Å². The number of aryl methyl sites for hydroxylation is 2. The molecule has 0 bridgehead atoms. The molecule has 122 valence electrons. The minimum absolute atomic E-state index is 0.299. The normalized spacial score (nSPS) is 11.6. The summed E-state index contributed by atoms with van der Waals surface area (Å²) >= 11 is 0. The summed E-state index contributed by atoms with van der Waals surface area (Å²) in [6, 6.07) is 1.72. The van der Waals surface area contributed by atoms with Crippen molar-refractivity contribution in [2.24, 2.45) is 7.05 Å². The lowest BCUT2D eigenvalue weighted by atomic mass is 10.4. The van der Waals surface area contributed by atoms with Crippen molar-refractivity contribution in [2.45, 2.75) is 34.1 Å². The Morgan fingerprint density at radius 2 is 2.09 bits per heavy atom. The molecule has 0 atom stereocenters. The number of ether oxygens (including phenoxy) is 1. The quantitative estimate of drug-likeness (QED) is 0.509. The maximum Gasteiger partial charge on any atom is 0.356 e. The van der Waals surface area contributed by atoms with Crippen molar-refractivity contribution in [3.63, 3.8) is 0 Å². The third-order valence-electron chi connectivity index (χ3n) is 2.51. The maximum absolute atomic E-state index is 11.4. The zero-order chi connectivity index (χ0) is 17.0. The third-order valence-corrected chi connectivity index (χ3v) is 2.51. The Morgan fingerprint density at radius 3 is 2.55 bits per heavy atom. The highest BCUT2D eigenvalue weighted by molar-refractivity contribution is 5.87. The van der Waals surface area contributed by atoms with E-state index < -0.39 is 0 Å². The van der Waals surface area contributed by atoms with Crippen LogP contribution in [0.15, 0.2) is 42.2 Å². The zero-order valence-corrected chi connectivity index (χ0v) is 14.0. The van der Waals surface area contributed by atoms with E-state index in [1.807, 2.05) is 32.9 Å². The third kappa shape index (κ3) is 8.09. The van der Waals surface area contributed by atoms with Crippen molar-refractivity contribution >= 4 is 5.97 Å². The summed E-state index contributed by atoms with van der Waals surface area (Å²) in [5, 5.41) is 12.9. The van der Waals surface area contributed by atoms with Gasteiger partial charge in [0.05, 0.1) is 12.3 Å². The van der Waals surface area contributed by atoms with E-state index in [4.69, 9.17) is 9.84 Å². The summed E-state index contributed by atoms with van der Waals surface area (Å²) in [6.07, 6.45) is 9.66. The molecule has 22 heavy (non-hydrogen) atoms. The maximum atomic E-state index is 11.4. The van der Waals surface area contributed by atoms with E-state index in [1.165, 1.54) is 4.68 Å². The van der Waals surface area contributed by atoms with Crippen molar-refractivity contribution in [2.75, 3.05) is 6.61 Å². The standard InChI is InChI=1S/C9H14N2O2.C8H12O/c1-4-5-13-9(12)8-6-7(2)10-11(8)3;1-3-5-6-7-8(9)4-2/h6H,4-5H2,1-3H3;3-7,9H,1-2H3/b;5-3-,7-6-,8-4+. The van der Waals surface area contributed by atoms with Crippen molar-refractivity contribution < 1.29 is 14.6 Å². The van der Waals surface area contributed by atoms with Gasteiger partial charge in [0.15, 0.2) is 0 Å². The predicted octanol–water partition coefficient (Wildman–Crippen LogP) is 3.88. The van der Waals surface area contributed by atoms with Gasteiger partial charge in [0.2, 0.25) is 0 Å². The fourth-order valence-corrected chi connectivity index (χ4v) is 1.43. The minimum Gasteiger partial charge on any atom is -0.508 e. The van der Waals surface area contributed by atoms with E-state index in [9.17, 15) is 4.79 Å². The number of aliphatic hydroxyl groups is 1. The van der Waals surface area contributed by atoms with Crippen LogP contribution in [0.25, 0.3) is 0 Å². The Labute approximate surface area is 132 Å². The zero-order valence-electron chi connectivity index (χ0n) is 14.0. The molecule has 0 aliphatic rings. The lowest BCUT2D eigenvalue weighted by molar-refractivity contribution is 0.0492. The average Bonchev–Trinajstić information content (AvgIpc) is 2.84. The van der Waals surface area contributed by atoms with Gasteiger partial charge in [-0.15, -0.1) is 0 Å². The van der Waals surface area contributed by atoms with E-state index in [1.54, 1.807) is 38.3 Å². The first-order chi connectivity index (χ1) is 10.5.